The highest BCUT2D eigenvalue weighted by Gasteiger charge is 2.16. The first-order valence-electron chi connectivity index (χ1n) is 8.51. The highest BCUT2D eigenvalue weighted by Crippen LogP contribution is 2.41. The van der Waals surface area contributed by atoms with Gasteiger partial charge in [-0.05, 0) is 48.7 Å². The third-order valence-electron chi connectivity index (χ3n) is 4.42. The van der Waals surface area contributed by atoms with Crippen LogP contribution in [0, 0.1) is 6.92 Å². The molecule has 0 aliphatic heterocycles. The van der Waals surface area contributed by atoms with Crippen molar-refractivity contribution >= 4 is 49.0 Å². The summed E-state index contributed by atoms with van der Waals surface area (Å²) in [6.07, 6.45) is 2.67. The lowest BCUT2D eigenvalue weighted by Crippen LogP contribution is -1.96. The Morgan fingerprint density at radius 3 is 2.42 bits per heavy atom. The molecule has 0 bridgehead atoms. The van der Waals surface area contributed by atoms with Gasteiger partial charge in [-0.1, -0.05) is 47.1 Å². The number of aryl methyl sites for hydroxylation is 2. The number of nitrogens with zero attached hydrogens (tertiary/aromatic N) is 2. The monoisotopic (exact) mass is 423 g/mol. The summed E-state index contributed by atoms with van der Waals surface area (Å²) in [7, 11) is 0. The molecule has 0 spiro atoms. The Balaban J connectivity index is 1.83. The van der Waals surface area contributed by atoms with Crippen LogP contribution in [0.5, 0.6) is 0 Å². The Morgan fingerprint density at radius 2 is 1.73 bits per heavy atom. The summed E-state index contributed by atoms with van der Waals surface area (Å²) in [6.45, 7) is 4.30. The van der Waals surface area contributed by atoms with Gasteiger partial charge in [0.25, 0.3) is 0 Å². The number of hydrogen-bond acceptors (Lipinski definition) is 4. The van der Waals surface area contributed by atoms with Gasteiger partial charge in [0.05, 0.1) is 5.39 Å². The molecule has 2 aromatic carbocycles. The van der Waals surface area contributed by atoms with E-state index in [0.717, 1.165) is 32.6 Å². The molecule has 0 radical (unpaired) electrons. The van der Waals surface area contributed by atoms with Crippen LogP contribution in [0.3, 0.4) is 0 Å². The average Bonchev–Trinajstić information content (AvgIpc) is 3.00. The molecule has 3 nitrogen and oxygen atoms in total. The van der Waals surface area contributed by atoms with Crippen molar-refractivity contribution < 1.29 is 0 Å². The number of halogens is 1. The van der Waals surface area contributed by atoms with E-state index in [-0.39, 0.29) is 0 Å². The molecule has 2 aromatic heterocycles. The molecule has 0 saturated heterocycles. The van der Waals surface area contributed by atoms with Gasteiger partial charge in [-0.15, -0.1) is 11.3 Å². The number of fused-ring (bicyclic) bond motifs is 1. The first-order valence-corrected chi connectivity index (χ1v) is 10.1. The molecule has 2 heterocycles. The van der Waals surface area contributed by atoms with E-state index in [1.54, 1.807) is 17.7 Å². The number of benzene rings is 2. The van der Waals surface area contributed by atoms with Gasteiger partial charge in [-0.3, -0.25) is 0 Å². The standard InChI is InChI=1S/C21H18BrN3S/c1-3-14-4-10-17(11-5-14)25-20-19-18(15-6-8-16(22)9-7-15)13(2)26-21(19)24-12-23-20/h4-12H,3H2,1-2H3,(H,23,24,25). The summed E-state index contributed by atoms with van der Waals surface area (Å²) in [5.74, 6) is 0.849. The van der Waals surface area contributed by atoms with Crippen molar-refractivity contribution in [2.75, 3.05) is 5.32 Å². The summed E-state index contributed by atoms with van der Waals surface area (Å²) in [5.41, 5.74) is 4.74. The van der Waals surface area contributed by atoms with E-state index in [2.05, 4.69) is 93.6 Å². The van der Waals surface area contributed by atoms with Crippen LogP contribution in [0.1, 0.15) is 17.4 Å². The summed E-state index contributed by atoms with van der Waals surface area (Å²) >= 11 is 5.22. The normalized spacial score (nSPS) is 11.0. The predicted molar refractivity (Wildman–Crippen MR) is 114 cm³/mol. The Kier molecular flexibility index (Phi) is 4.74. The van der Waals surface area contributed by atoms with Crippen LogP contribution in [0.15, 0.2) is 59.3 Å². The van der Waals surface area contributed by atoms with Gasteiger partial charge in [0, 0.05) is 20.6 Å². The fourth-order valence-electron chi connectivity index (χ4n) is 3.06. The summed E-state index contributed by atoms with van der Waals surface area (Å²) in [6, 6.07) is 16.9. The second kappa shape index (κ2) is 7.17. The lowest BCUT2D eigenvalue weighted by molar-refractivity contribution is 1.14. The number of thiophene rings is 1. The lowest BCUT2D eigenvalue weighted by Gasteiger charge is -2.10. The number of nitrogens with one attached hydrogen (secondary N) is 1. The molecule has 0 saturated carbocycles. The van der Waals surface area contributed by atoms with Crippen LogP contribution < -0.4 is 5.32 Å². The number of aromatic nitrogens is 2. The molecule has 0 atom stereocenters. The summed E-state index contributed by atoms with van der Waals surface area (Å²) in [4.78, 5) is 11.3. The Hall–Kier alpha value is -2.24. The zero-order chi connectivity index (χ0) is 18.1. The molecule has 0 amide bonds. The number of hydrogen-bond donors (Lipinski definition) is 1. The first-order chi connectivity index (χ1) is 12.7. The molecule has 26 heavy (non-hydrogen) atoms. The van der Waals surface area contributed by atoms with Gasteiger partial charge < -0.3 is 5.32 Å². The minimum absolute atomic E-state index is 0.849. The van der Waals surface area contributed by atoms with E-state index >= 15 is 0 Å². The molecule has 5 heteroatoms. The van der Waals surface area contributed by atoms with E-state index < -0.39 is 0 Å². The Morgan fingerprint density at radius 1 is 1.00 bits per heavy atom. The molecule has 0 aliphatic rings. The molecule has 130 valence electrons. The van der Waals surface area contributed by atoms with Crippen LogP contribution in [-0.4, -0.2) is 9.97 Å². The summed E-state index contributed by atoms with van der Waals surface area (Å²) in [5, 5.41) is 4.56. The van der Waals surface area contributed by atoms with Crippen LogP contribution >= 0.6 is 27.3 Å². The Bertz CT molecular complexity index is 1050. The van der Waals surface area contributed by atoms with Gasteiger partial charge in [0.1, 0.15) is 17.0 Å². The van der Waals surface area contributed by atoms with E-state index in [1.165, 1.54) is 21.6 Å². The van der Waals surface area contributed by atoms with E-state index in [4.69, 9.17) is 0 Å². The maximum Gasteiger partial charge on any atom is 0.143 e. The van der Waals surface area contributed by atoms with Crippen molar-refractivity contribution in [2.45, 2.75) is 20.3 Å². The molecule has 0 fully saturated rings. The second-order valence-electron chi connectivity index (χ2n) is 6.12. The largest absolute Gasteiger partial charge is 0.340 e. The van der Waals surface area contributed by atoms with Crippen molar-refractivity contribution in [1.82, 2.24) is 9.97 Å². The lowest BCUT2D eigenvalue weighted by atomic mass is 10.0. The highest BCUT2D eigenvalue weighted by atomic mass is 79.9. The van der Waals surface area contributed by atoms with Crippen LogP contribution in [0.25, 0.3) is 21.3 Å². The SMILES string of the molecule is CCc1ccc(Nc2ncnc3sc(C)c(-c4ccc(Br)cc4)c23)cc1. The third-order valence-corrected chi connectivity index (χ3v) is 5.96. The highest BCUT2D eigenvalue weighted by molar-refractivity contribution is 9.10. The van der Waals surface area contributed by atoms with Crippen molar-refractivity contribution in [3.8, 4) is 11.1 Å². The molecule has 1 N–H and O–H groups in total. The van der Waals surface area contributed by atoms with Crippen molar-refractivity contribution in [3.05, 3.63) is 69.8 Å². The van der Waals surface area contributed by atoms with Crippen LogP contribution in [-0.2, 0) is 6.42 Å². The van der Waals surface area contributed by atoms with E-state index in [0.29, 0.717) is 0 Å². The van der Waals surface area contributed by atoms with E-state index in [1.807, 2.05) is 0 Å². The first kappa shape index (κ1) is 17.2. The average molecular weight is 424 g/mol. The maximum absolute atomic E-state index is 4.54. The quantitative estimate of drug-likeness (QED) is 0.395. The Labute approximate surface area is 165 Å². The van der Waals surface area contributed by atoms with Crippen LogP contribution in [0.4, 0.5) is 11.5 Å². The molecule has 4 aromatic rings. The van der Waals surface area contributed by atoms with Gasteiger partial charge >= 0.3 is 0 Å². The summed E-state index contributed by atoms with van der Waals surface area (Å²) < 4.78 is 1.07. The molecule has 4 rings (SSSR count). The smallest absolute Gasteiger partial charge is 0.143 e. The minimum Gasteiger partial charge on any atom is -0.340 e. The number of anilines is 2. The van der Waals surface area contributed by atoms with Gasteiger partial charge in [-0.2, -0.15) is 0 Å². The molecular weight excluding hydrogens is 406 g/mol. The fourth-order valence-corrected chi connectivity index (χ4v) is 4.34. The van der Waals surface area contributed by atoms with Crippen molar-refractivity contribution in [1.29, 1.82) is 0 Å². The topological polar surface area (TPSA) is 37.8 Å². The molecular formula is C21H18BrN3S. The van der Waals surface area contributed by atoms with Gasteiger partial charge in [0.15, 0.2) is 0 Å². The van der Waals surface area contributed by atoms with Gasteiger partial charge in [-0.25, -0.2) is 9.97 Å². The third kappa shape index (κ3) is 3.24. The predicted octanol–water partition coefficient (Wildman–Crippen LogP) is 6.74. The van der Waals surface area contributed by atoms with Crippen molar-refractivity contribution in [2.24, 2.45) is 0 Å². The minimum atomic E-state index is 0.849. The second-order valence-corrected chi connectivity index (χ2v) is 8.24. The zero-order valence-corrected chi connectivity index (χ0v) is 17.0. The number of rotatable bonds is 4. The maximum atomic E-state index is 4.54. The molecule has 0 aliphatic carbocycles. The van der Waals surface area contributed by atoms with Gasteiger partial charge in [0.2, 0.25) is 0 Å². The molecule has 0 unspecified atom stereocenters. The van der Waals surface area contributed by atoms with E-state index in [9.17, 15) is 0 Å². The zero-order valence-electron chi connectivity index (χ0n) is 14.6. The van der Waals surface area contributed by atoms with Crippen molar-refractivity contribution in [3.63, 3.8) is 0 Å². The van der Waals surface area contributed by atoms with Crippen LogP contribution in [0.2, 0.25) is 0 Å². The fraction of sp³-hybridized carbons (Fsp3) is 0.143.